The fourth-order valence-corrected chi connectivity index (χ4v) is 5.37. The quantitative estimate of drug-likeness (QED) is 0.326. The highest BCUT2D eigenvalue weighted by Crippen LogP contribution is 2.63. The van der Waals surface area contributed by atoms with Crippen LogP contribution in [0.1, 0.15) is 52.9 Å². The van der Waals surface area contributed by atoms with Crippen LogP contribution in [0.4, 0.5) is 0 Å². The van der Waals surface area contributed by atoms with Crippen LogP contribution in [0, 0.1) is 17.8 Å². The van der Waals surface area contributed by atoms with Gasteiger partial charge in [0, 0.05) is 18.2 Å². The Kier molecular flexibility index (Phi) is 4.36. The molecule has 1 aliphatic carbocycles. The second-order valence-corrected chi connectivity index (χ2v) is 8.64. The summed E-state index contributed by atoms with van der Waals surface area (Å²) in [4.78, 5) is 24.6. The molecular weight excluding hydrogens is 348 g/mol. The maximum absolute atomic E-state index is 12.9. The number of ether oxygens (including phenoxy) is 3. The Morgan fingerprint density at radius 2 is 2.00 bits per heavy atom. The van der Waals surface area contributed by atoms with Gasteiger partial charge in [0.25, 0.3) is 0 Å². The fraction of sp³-hybridized carbons (Fsp3) is 0.944. The molecule has 7 heteroatoms. The summed E-state index contributed by atoms with van der Waals surface area (Å²) in [6.07, 6.45) is 3.54. The first-order valence-electron chi connectivity index (χ1n) is 9.31. The Morgan fingerprint density at radius 1 is 1.20 bits per heavy atom. The van der Waals surface area contributed by atoms with Crippen molar-refractivity contribution in [3.63, 3.8) is 0 Å². The molecule has 4 heterocycles. The van der Waals surface area contributed by atoms with E-state index in [1.54, 1.807) is 6.92 Å². The van der Waals surface area contributed by atoms with Gasteiger partial charge in [0.1, 0.15) is 0 Å². The Balaban J connectivity index is 1.68. The Labute approximate surface area is 153 Å². The van der Waals surface area contributed by atoms with E-state index in [0.717, 1.165) is 25.7 Å². The molecule has 0 aromatic rings. The SMILES string of the molecule is C[C@@H]1CC[C@@H]2[C@]34OO[C@@](C)(CCC13)O[C@H]4O[C@]2(C)C(=O)OCCCCl. The van der Waals surface area contributed by atoms with Gasteiger partial charge in [-0.3, -0.25) is 0 Å². The minimum Gasteiger partial charge on any atom is -0.464 e. The lowest BCUT2D eigenvalue weighted by molar-refractivity contribution is -0.541. The molecule has 5 rings (SSSR count). The molecule has 1 unspecified atom stereocenters. The van der Waals surface area contributed by atoms with Crippen LogP contribution in [0.2, 0.25) is 0 Å². The lowest BCUT2D eigenvalue weighted by Gasteiger charge is -2.50. The normalized spacial score (nSPS) is 51.0. The van der Waals surface area contributed by atoms with Gasteiger partial charge in [0.15, 0.2) is 17.5 Å². The predicted molar refractivity (Wildman–Crippen MR) is 88.6 cm³/mol. The number of halogens is 1. The van der Waals surface area contributed by atoms with Crippen LogP contribution in [0.5, 0.6) is 0 Å². The molecule has 4 saturated heterocycles. The number of rotatable bonds is 4. The molecule has 4 aliphatic heterocycles. The maximum atomic E-state index is 12.9. The molecular formula is C18H27ClO6. The molecule has 5 aliphatic rings. The molecule has 0 radical (unpaired) electrons. The van der Waals surface area contributed by atoms with Crippen LogP contribution in [-0.4, -0.2) is 41.7 Å². The van der Waals surface area contributed by atoms with E-state index < -0.39 is 23.3 Å². The molecule has 6 nitrogen and oxygen atoms in total. The first kappa shape index (κ1) is 18.0. The lowest BCUT2D eigenvalue weighted by Crippen LogP contribution is -2.62. The fourth-order valence-electron chi connectivity index (χ4n) is 5.26. The minimum absolute atomic E-state index is 0.155. The van der Waals surface area contributed by atoms with Crippen LogP contribution < -0.4 is 0 Å². The standard InChI is InChI=1S/C18H27ClO6/c1-11-5-6-13-17(3,14(20)21-10-4-9-19)23-15-18(13)12(11)7-8-16(2,22-15)24-25-18/h11-13,15H,4-10H2,1-3H3/t11-,12?,13+,15+,16+,17+,18-/m1/s1. The van der Waals surface area contributed by atoms with E-state index >= 15 is 0 Å². The number of fused-ring (bicyclic) bond motifs is 2. The molecule has 0 N–H and O–H groups in total. The summed E-state index contributed by atoms with van der Waals surface area (Å²) in [5.74, 6) is -0.191. The van der Waals surface area contributed by atoms with Gasteiger partial charge >= 0.3 is 5.97 Å². The summed E-state index contributed by atoms with van der Waals surface area (Å²) in [7, 11) is 0. The molecule has 0 aromatic carbocycles. The average molecular weight is 375 g/mol. The van der Waals surface area contributed by atoms with Crippen molar-refractivity contribution in [2.75, 3.05) is 12.5 Å². The summed E-state index contributed by atoms with van der Waals surface area (Å²) < 4.78 is 17.9. The molecule has 0 aromatic heterocycles. The van der Waals surface area contributed by atoms with Crippen molar-refractivity contribution < 1.29 is 28.8 Å². The number of hydrogen-bond acceptors (Lipinski definition) is 6. The van der Waals surface area contributed by atoms with E-state index in [1.165, 1.54) is 0 Å². The number of alkyl halides is 1. The van der Waals surface area contributed by atoms with Crippen molar-refractivity contribution in [3.05, 3.63) is 0 Å². The van der Waals surface area contributed by atoms with Gasteiger partial charge < -0.3 is 14.2 Å². The second kappa shape index (κ2) is 6.06. The molecule has 142 valence electrons. The Morgan fingerprint density at radius 3 is 2.76 bits per heavy atom. The summed E-state index contributed by atoms with van der Waals surface area (Å²) in [6, 6.07) is 0. The monoisotopic (exact) mass is 374 g/mol. The molecule has 2 bridgehead atoms. The smallest absolute Gasteiger partial charge is 0.338 e. The van der Waals surface area contributed by atoms with Gasteiger partial charge in [0.05, 0.1) is 6.61 Å². The summed E-state index contributed by atoms with van der Waals surface area (Å²) in [5, 5.41) is 0. The molecule has 1 spiro atoms. The van der Waals surface area contributed by atoms with Gasteiger partial charge in [-0.15, -0.1) is 11.6 Å². The van der Waals surface area contributed by atoms with E-state index in [0.29, 0.717) is 24.8 Å². The minimum atomic E-state index is -1.10. The summed E-state index contributed by atoms with van der Waals surface area (Å²) >= 11 is 5.68. The third-order valence-corrected chi connectivity index (χ3v) is 6.92. The van der Waals surface area contributed by atoms with Crippen molar-refractivity contribution in [1.82, 2.24) is 0 Å². The van der Waals surface area contributed by atoms with Crippen molar-refractivity contribution in [3.8, 4) is 0 Å². The molecule has 1 saturated carbocycles. The zero-order valence-corrected chi connectivity index (χ0v) is 15.8. The Bertz CT molecular complexity index is 558. The number of hydrogen-bond donors (Lipinski definition) is 0. The highest BCUT2D eigenvalue weighted by Gasteiger charge is 2.76. The Hall–Kier alpha value is -0.400. The van der Waals surface area contributed by atoms with Crippen LogP contribution in [0.15, 0.2) is 0 Å². The third kappa shape index (κ3) is 2.48. The van der Waals surface area contributed by atoms with Crippen molar-refractivity contribution in [2.24, 2.45) is 17.8 Å². The molecule has 5 fully saturated rings. The van der Waals surface area contributed by atoms with Crippen molar-refractivity contribution >= 4 is 17.6 Å². The molecule has 25 heavy (non-hydrogen) atoms. The van der Waals surface area contributed by atoms with Crippen LogP contribution >= 0.6 is 11.6 Å². The first-order valence-corrected chi connectivity index (χ1v) is 9.85. The zero-order chi connectivity index (χ0) is 17.9. The van der Waals surface area contributed by atoms with Gasteiger partial charge in [-0.05, 0) is 51.4 Å². The summed E-state index contributed by atoms with van der Waals surface area (Å²) in [6.45, 7) is 6.21. The van der Waals surface area contributed by atoms with E-state index in [1.807, 2.05) is 6.92 Å². The van der Waals surface area contributed by atoms with E-state index in [-0.39, 0.29) is 17.8 Å². The largest absolute Gasteiger partial charge is 0.464 e. The van der Waals surface area contributed by atoms with E-state index in [2.05, 4.69) is 6.92 Å². The van der Waals surface area contributed by atoms with Crippen LogP contribution in [-0.2, 0) is 28.8 Å². The van der Waals surface area contributed by atoms with Crippen molar-refractivity contribution in [2.45, 2.75) is 76.2 Å². The van der Waals surface area contributed by atoms with Gasteiger partial charge in [0.2, 0.25) is 5.79 Å². The molecule has 0 amide bonds. The van der Waals surface area contributed by atoms with E-state index in [4.69, 9.17) is 35.6 Å². The van der Waals surface area contributed by atoms with Gasteiger partial charge in [-0.2, -0.15) is 0 Å². The average Bonchev–Trinajstić information content (AvgIpc) is 2.67. The summed E-state index contributed by atoms with van der Waals surface area (Å²) in [5.41, 5.74) is -1.84. The van der Waals surface area contributed by atoms with Crippen molar-refractivity contribution in [1.29, 1.82) is 0 Å². The number of carbonyl (C=O) groups is 1. The predicted octanol–water partition coefficient (Wildman–Crippen LogP) is 3.16. The topological polar surface area (TPSA) is 63.2 Å². The highest BCUT2D eigenvalue weighted by atomic mass is 35.5. The maximum Gasteiger partial charge on any atom is 0.338 e. The number of esters is 1. The van der Waals surface area contributed by atoms with Gasteiger partial charge in [-0.1, -0.05) is 6.92 Å². The van der Waals surface area contributed by atoms with Crippen LogP contribution in [0.3, 0.4) is 0 Å². The first-order chi connectivity index (χ1) is 11.9. The van der Waals surface area contributed by atoms with Gasteiger partial charge in [-0.25, -0.2) is 14.6 Å². The molecule has 7 atom stereocenters. The zero-order valence-electron chi connectivity index (χ0n) is 15.1. The third-order valence-electron chi connectivity index (χ3n) is 6.65. The van der Waals surface area contributed by atoms with Crippen LogP contribution in [0.25, 0.3) is 0 Å². The number of carbonyl (C=O) groups excluding carboxylic acids is 1. The second-order valence-electron chi connectivity index (χ2n) is 8.26. The lowest BCUT2D eigenvalue weighted by atomic mass is 9.60. The highest BCUT2D eigenvalue weighted by molar-refractivity contribution is 6.17. The van der Waals surface area contributed by atoms with E-state index in [9.17, 15) is 4.79 Å².